The summed E-state index contributed by atoms with van der Waals surface area (Å²) in [6.45, 7) is 0. The molecule has 0 saturated heterocycles. The molecule has 0 saturated carbocycles. The van der Waals surface area contributed by atoms with Gasteiger partial charge in [-0.3, -0.25) is 4.57 Å². The maximum absolute atomic E-state index is 5.91. The van der Waals surface area contributed by atoms with Crippen LogP contribution < -0.4 is 0 Å². The van der Waals surface area contributed by atoms with E-state index in [0.717, 1.165) is 72.2 Å². The third kappa shape index (κ3) is 5.65. The molecule has 4 aromatic heterocycles. The number of pyridine rings is 1. The summed E-state index contributed by atoms with van der Waals surface area (Å²) < 4.78 is 8.08. The van der Waals surface area contributed by atoms with Crippen LogP contribution in [-0.4, -0.2) is 19.5 Å². The standard InChI is InChI=1S/C49H32N4O/c1-3-12-33(13-4-1)39-29-43(36-15-5-2-6-16-36)52-44(30-39)40-31-50-49(51-32-40)53-45-25-24-38(34-18-11-27-54-47-20-10-8-17-37(47)22-21-34)28-42(45)48-41-19-9-7-14-35(41)23-26-46(48)53/h1-32H. The number of nitrogens with zero attached hydrogens (tertiary/aromatic N) is 4. The van der Waals surface area contributed by atoms with Gasteiger partial charge in [0.15, 0.2) is 0 Å². The van der Waals surface area contributed by atoms with Crippen LogP contribution in [0.15, 0.2) is 199 Å². The van der Waals surface area contributed by atoms with Crippen molar-refractivity contribution in [1.82, 2.24) is 19.5 Å². The number of rotatable bonds is 5. The smallest absolute Gasteiger partial charge is 0.234 e. The van der Waals surface area contributed by atoms with Gasteiger partial charge in [0, 0.05) is 39.7 Å². The van der Waals surface area contributed by atoms with Crippen molar-refractivity contribution in [3.8, 4) is 50.7 Å². The molecule has 4 heterocycles. The fourth-order valence-corrected chi connectivity index (χ4v) is 7.40. The second-order valence-corrected chi connectivity index (χ2v) is 13.3. The van der Waals surface area contributed by atoms with Gasteiger partial charge in [0.1, 0.15) is 5.58 Å². The lowest BCUT2D eigenvalue weighted by molar-refractivity contribution is 0.606. The van der Waals surface area contributed by atoms with Crippen molar-refractivity contribution in [2.24, 2.45) is 0 Å². The molecule has 0 unspecified atom stereocenters. The maximum atomic E-state index is 5.91. The van der Waals surface area contributed by atoms with E-state index in [1.54, 1.807) is 6.26 Å². The van der Waals surface area contributed by atoms with Crippen molar-refractivity contribution >= 4 is 43.5 Å². The van der Waals surface area contributed by atoms with E-state index < -0.39 is 0 Å². The lowest BCUT2D eigenvalue weighted by atomic mass is 10.0. The molecule has 10 rings (SSSR count). The van der Waals surface area contributed by atoms with E-state index in [1.807, 2.05) is 60.9 Å². The Bertz CT molecular complexity index is 2980. The topological polar surface area (TPSA) is 56.7 Å². The molecule has 0 amide bonds. The van der Waals surface area contributed by atoms with Gasteiger partial charge in [0.25, 0.3) is 0 Å². The average molecular weight is 693 g/mol. The Kier molecular flexibility index (Phi) is 7.73. The predicted molar refractivity (Wildman–Crippen MR) is 221 cm³/mol. The molecule has 0 N–H and O–H groups in total. The zero-order valence-electron chi connectivity index (χ0n) is 29.2. The lowest BCUT2D eigenvalue weighted by Gasteiger charge is -2.11. The number of hydrogen-bond acceptors (Lipinski definition) is 4. The maximum Gasteiger partial charge on any atom is 0.234 e. The van der Waals surface area contributed by atoms with E-state index in [1.165, 1.54) is 16.2 Å². The van der Waals surface area contributed by atoms with E-state index in [9.17, 15) is 0 Å². The summed E-state index contributed by atoms with van der Waals surface area (Å²) in [5.41, 5.74) is 10.9. The summed E-state index contributed by atoms with van der Waals surface area (Å²) in [5, 5.41) is 5.69. The summed E-state index contributed by atoms with van der Waals surface area (Å²) in [6, 6.07) is 60.9. The quantitative estimate of drug-likeness (QED) is 0.180. The first-order chi connectivity index (χ1) is 26.8. The molecular formula is C49H32N4O. The molecule has 54 heavy (non-hydrogen) atoms. The van der Waals surface area contributed by atoms with Crippen molar-refractivity contribution in [2.45, 2.75) is 0 Å². The number of aromatic nitrogens is 4. The molecule has 10 aromatic rings. The second kappa shape index (κ2) is 13.3. The summed E-state index contributed by atoms with van der Waals surface area (Å²) in [7, 11) is 0. The second-order valence-electron chi connectivity index (χ2n) is 13.3. The largest absolute Gasteiger partial charge is 0.464 e. The van der Waals surface area contributed by atoms with Crippen LogP contribution in [0.2, 0.25) is 0 Å². The SMILES string of the molecule is c1ccc(-c2cc(-c3ccccc3)nc(-c3cnc(-n4c5ccc(-c6cccoc7ccccc7cc6)cc5c5c6ccccc6ccc54)nc3)c2)cc1. The van der Waals surface area contributed by atoms with Crippen molar-refractivity contribution in [3.63, 3.8) is 0 Å². The van der Waals surface area contributed by atoms with Gasteiger partial charge >= 0.3 is 0 Å². The third-order valence-corrected chi connectivity index (χ3v) is 10.0. The molecule has 0 fully saturated rings. The molecule has 0 aliphatic carbocycles. The fraction of sp³-hybridized carbons (Fsp3) is 0. The van der Waals surface area contributed by atoms with Gasteiger partial charge in [-0.1, -0.05) is 133 Å². The van der Waals surface area contributed by atoms with E-state index in [-0.39, 0.29) is 0 Å². The summed E-state index contributed by atoms with van der Waals surface area (Å²) in [6.07, 6.45) is 5.52. The number of fused-ring (bicyclic) bond motifs is 6. The molecule has 0 bridgehead atoms. The molecule has 0 radical (unpaired) electrons. The highest BCUT2D eigenvalue weighted by molar-refractivity contribution is 6.21. The molecule has 0 spiro atoms. The van der Waals surface area contributed by atoms with Crippen molar-refractivity contribution in [2.75, 3.05) is 0 Å². The first-order valence-electron chi connectivity index (χ1n) is 18.0. The Morgan fingerprint density at radius 1 is 0.407 bits per heavy atom. The summed E-state index contributed by atoms with van der Waals surface area (Å²) in [5.74, 6) is 0.600. The van der Waals surface area contributed by atoms with Crippen LogP contribution >= 0.6 is 0 Å². The van der Waals surface area contributed by atoms with E-state index >= 15 is 0 Å². The highest BCUT2D eigenvalue weighted by Crippen LogP contribution is 2.38. The number of para-hydroxylation sites is 1. The van der Waals surface area contributed by atoms with Crippen LogP contribution in [0.5, 0.6) is 0 Å². The van der Waals surface area contributed by atoms with Crippen LogP contribution in [-0.2, 0) is 0 Å². The van der Waals surface area contributed by atoms with E-state index in [4.69, 9.17) is 19.4 Å². The van der Waals surface area contributed by atoms with Gasteiger partial charge in [-0.15, -0.1) is 0 Å². The minimum atomic E-state index is 0.600. The third-order valence-electron chi connectivity index (χ3n) is 10.0. The Balaban J connectivity index is 1.13. The molecule has 5 heteroatoms. The molecule has 0 aliphatic heterocycles. The van der Waals surface area contributed by atoms with E-state index in [0.29, 0.717) is 5.95 Å². The Morgan fingerprint density at radius 3 is 1.83 bits per heavy atom. The fourth-order valence-electron chi connectivity index (χ4n) is 7.40. The molecule has 254 valence electrons. The minimum Gasteiger partial charge on any atom is -0.464 e. The predicted octanol–water partition coefficient (Wildman–Crippen LogP) is 12.7. The van der Waals surface area contributed by atoms with Crippen LogP contribution in [0, 0.1) is 0 Å². The van der Waals surface area contributed by atoms with Crippen LogP contribution in [0.4, 0.5) is 0 Å². The van der Waals surface area contributed by atoms with Crippen molar-refractivity contribution in [1.29, 1.82) is 0 Å². The highest BCUT2D eigenvalue weighted by Gasteiger charge is 2.18. The van der Waals surface area contributed by atoms with Crippen LogP contribution in [0.3, 0.4) is 0 Å². The Labute approximate surface area is 311 Å². The molecule has 0 aliphatic rings. The van der Waals surface area contributed by atoms with Crippen molar-refractivity contribution in [3.05, 3.63) is 195 Å². The van der Waals surface area contributed by atoms with Gasteiger partial charge in [0.05, 0.1) is 28.7 Å². The highest BCUT2D eigenvalue weighted by atomic mass is 16.3. The molecule has 6 aromatic carbocycles. The van der Waals surface area contributed by atoms with Gasteiger partial charge in [-0.25, -0.2) is 15.0 Å². The summed E-state index contributed by atoms with van der Waals surface area (Å²) >= 11 is 0. The first kappa shape index (κ1) is 31.4. The van der Waals surface area contributed by atoms with E-state index in [2.05, 4.69) is 132 Å². The van der Waals surface area contributed by atoms with Crippen molar-refractivity contribution < 1.29 is 4.42 Å². The van der Waals surface area contributed by atoms with Gasteiger partial charge in [-0.2, -0.15) is 0 Å². The zero-order chi connectivity index (χ0) is 35.8. The Morgan fingerprint density at radius 2 is 1.02 bits per heavy atom. The summed E-state index contributed by atoms with van der Waals surface area (Å²) in [4.78, 5) is 15.1. The van der Waals surface area contributed by atoms with Gasteiger partial charge in [-0.05, 0) is 75.5 Å². The molecular weight excluding hydrogens is 661 g/mol. The molecule has 5 nitrogen and oxygen atoms in total. The normalized spacial score (nSPS) is 11.3. The van der Waals surface area contributed by atoms with Crippen LogP contribution in [0.1, 0.15) is 0 Å². The number of hydrogen-bond donors (Lipinski definition) is 0. The number of benzene rings is 6. The van der Waals surface area contributed by atoms with Gasteiger partial charge < -0.3 is 4.42 Å². The lowest BCUT2D eigenvalue weighted by Crippen LogP contribution is -2.01. The van der Waals surface area contributed by atoms with Gasteiger partial charge in [0.2, 0.25) is 5.95 Å². The minimum absolute atomic E-state index is 0.600. The average Bonchev–Trinajstić information content (AvgIpc) is 3.63. The monoisotopic (exact) mass is 692 g/mol. The molecule has 0 atom stereocenters. The zero-order valence-corrected chi connectivity index (χ0v) is 29.2. The van der Waals surface area contributed by atoms with Crippen LogP contribution in [0.25, 0.3) is 94.3 Å². The Hall–Kier alpha value is -7.37. The first-order valence-corrected chi connectivity index (χ1v) is 18.0.